The molecule has 0 heterocycles. The van der Waals surface area contributed by atoms with Gasteiger partial charge in [-0.05, 0) is 30.5 Å². The summed E-state index contributed by atoms with van der Waals surface area (Å²) in [7, 11) is 0. The molecule has 3 nitrogen and oxygen atoms in total. The van der Waals surface area contributed by atoms with E-state index in [4.69, 9.17) is 16.3 Å². The normalized spacial score (nSPS) is 11.4. The fourth-order valence-corrected chi connectivity index (χ4v) is 2.12. The molecule has 0 saturated heterocycles. The summed E-state index contributed by atoms with van der Waals surface area (Å²) in [4.78, 5) is 0. The number of halogens is 1. The van der Waals surface area contributed by atoms with Gasteiger partial charge in [-0.2, -0.15) is 0 Å². The zero-order valence-electron chi connectivity index (χ0n) is 12.3. The zero-order valence-corrected chi connectivity index (χ0v) is 13.0. The first-order chi connectivity index (χ1) is 9.54. The highest BCUT2D eigenvalue weighted by Crippen LogP contribution is 2.25. The van der Waals surface area contributed by atoms with Crippen LogP contribution >= 0.6 is 11.6 Å². The second kappa shape index (κ2) is 8.30. The summed E-state index contributed by atoms with van der Waals surface area (Å²) >= 11 is 6.15. The van der Waals surface area contributed by atoms with Crippen molar-refractivity contribution in [1.29, 1.82) is 0 Å². The SMILES string of the molecule is C=CCOc1ccc(CNCC(O)(CC)CC)cc1Cl. The molecule has 0 unspecified atom stereocenters. The lowest BCUT2D eigenvalue weighted by atomic mass is 9.97. The van der Waals surface area contributed by atoms with E-state index >= 15 is 0 Å². The van der Waals surface area contributed by atoms with Gasteiger partial charge in [0, 0.05) is 13.1 Å². The van der Waals surface area contributed by atoms with Crippen LogP contribution < -0.4 is 10.1 Å². The highest BCUT2D eigenvalue weighted by Gasteiger charge is 2.21. The Bertz CT molecular complexity index is 430. The molecule has 1 aromatic rings. The van der Waals surface area contributed by atoms with Gasteiger partial charge in [0.25, 0.3) is 0 Å². The fraction of sp³-hybridized carbons (Fsp3) is 0.500. The summed E-state index contributed by atoms with van der Waals surface area (Å²) in [6, 6.07) is 5.70. The second-order valence-electron chi connectivity index (χ2n) is 4.90. The first-order valence-corrected chi connectivity index (χ1v) is 7.37. The van der Waals surface area contributed by atoms with E-state index in [1.165, 1.54) is 0 Å². The molecule has 0 aliphatic rings. The third-order valence-electron chi connectivity index (χ3n) is 3.45. The van der Waals surface area contributed by atoms with Crippen molar-refractivity contribution in [1.82, 2.24) is 5.32 Å². The molecule has 0 fully saturated rings. The molecule has 0 aliphatic carbocycles. The number of aliphatic hydroxyl groups is 1. The molecule has 1 rings (SSSR count). The van der Waals surface area contributed by atoms with Crippen molar-refractivity contribution in [2.75, 3.05) is 13.2 Å². The van der Waals surface area contributed by atoms with E-state index in [1.807, 2.05) is 32.0 Å². The summed E-state index contributed by atoms with van der Waals surface area (Å²) < 4.78 is 5.42. The minimum Gasteiger partial charge on any atom is -0.488 e. The molecular weight excluding hydrogens is 274 g/mol. The number of hydrogen-bond donors (Lipinski definition) is 2. The summed E-state index contributed by atoms with van der Waals surface area (Å²) in [5.41, 5.74) is 0.437. The molecule has 0 aliphatic heterocycles. The van der Waals surface area contributed by atoms with Gasteiger partial charge in [-0.3, -0.25) is 0 Å². The Labute approximate surface area is 126 Å². The molecular formula is C16H24ClNO2. The molecule has 0 spiro atoms. The Morgan fingerprint density at radius 1 is 1.40 bits per heavy atom. The number of benzene rings is 1. The molecule has 112 valence electrons. The van der Waals surface area contributed by atoms with Crippen molar-refractivity contribution in [2.24, 2.45) is 0 Å². The van der Waals surface area contributed by atoms with Gasteiger partial charge in [-0.1, -0.05) is 44.2 Å². The van der Waals surface area contributed by atoms with Gasteiger partial charge in [0.1, 0.15) is 12.4 Å². The summed E-state index contributed by atoms with van der Waals surface area (Å²) in [5, 5.41) is 14.0. The molecule has 0 radical (unpaired) electrons. The van der Waals surface area contributed by atoms with Gasteiger partial charge >= 0.3 is 0 Å². The molecule has 2 N–H and O–H groups in total. The van der Waals surface area contributed by atoms with Crippen LogP contribution in [0.3, 0.4) is 0 Å². The molecule has 0 bridgehead atoms. The smallest absolute Gasteiger partial charge is 0.138 e. The Morgan fingerprint density at radius 2 is 2.10 bits per heavy atom. The largest absolute Gasteiger partial charge is 0.488 e. The third kappa shape index (κ3) is 5.16. The van der Waals surface area contributed by atoms with Crippen LogP contribution in [0.4, 0.5) is 0 Å². The van der Waals surface area contributed by atoms with Crippen molar-refractivity contribution in [3.05, 3.63) is 41.4 Å². The van der Waals surface area contributed by atoms with E-state index in [1.54, 1.807) is 6.08 Å². The quantitative estimate of drug-likeness (QED) is 0.685. The van der Waals surface area contributed by atoms with Gasteiger partial charge in [0.2, 0.25) is 0 Å². The summed E-state index contributed by atoms with van der Waals surface area (Å²) in [5.74, 6) is 0.661. The molecule has 0 atom stereocenters. The average Bonchev–Trinajstić information content (AvgIpc) is 2.46. The lowest BCUT2D eigenvalue weighted by molar-refractivity contribution is 0.0323. The number of rotatable bonds is 9. The average molecular weight is 298 g/mol. The van der Waals surface area contributed by atoms with Crippen molar-refractivity contribution in [3.8, 4) is 5.75 Å². The standard InChI is InChI=1S/C16H24ClNO2/c1-4-9-20-15-8-7-13(10-14(15)17)11-18-12-16(19,5-2)6-3/h4,7-8,10,18-19H,1,5-6,9,11-12H2,2-3H3. The molecule has 0 saturated carbocycles. The van der Waals surface area contributed by atoms with E-state index in [0.29, 0.717) is 30.5 Å². The van der Waals surface area contributed by atoms with Gasteiger partial charge in [-0.15, -0.1) is 0 Å². The number of nitrogens with one attached hydrogen (secondary N) is 1. The summed E-state index contributed by atoms with van der Waals surface area (Å²) in [6.45, 7) is 9.28. The Balaban J connectivity index is 2.53. The van der Waals surface area contributed by atoms with Crippen molar-refractivity contribution in [3.63, 3.8) is 0 Å². The van der Waals surface area contributed by atoms with E-state index in [-0.39, 0.29) is 0 Å². The predicted molar refractivity (Wildman–Crippen MR) is 84.4 cm³/mol. The number of ether oxygens (including phenoxy) is 1. The van der Waals surface area contributed by atoms with Crippen molar-refractivity contribution >= 4 is 11.6 Å². The van der Waals surface area contributed by atoms with Crippen LogP contribution in [0.25, 0.3) is 0 Å². The third-order valence-corrected chi connectivity index (χ3v) is 3.75. The summed E-state index contributed by atoms with van der Waals surface area (Å²) in [6.07, 6.45) is 3.17. The Morgan fingerprint density at radius 3 is 2.65 bits per heavy atom. The number of hydrogen-bond acceptors (Lipinski definition) is 3. The van der Waals surface area contributed by atoms with Crippen LogP contribution in [0.15, 0.2) is 30.9 Å². The zero-order chi connectivity index (χ0) is 15.0. The maximum atomic E-state index is 10.2. The monoisotopic (exact) mass is 297 g/mol. The molecule has 0 amide bonds. The van der Waals surface area contributed by atoms with E-state index < -0.39 is 5.60 Å². The van der Waals surface area contributed by atoms with Crippen LogP contribution in [0.2, 0.25) is 5.02 Å². The second-order valence-corrected chi connectivity index (χ2v) is 5.31. The minimum atomic E-state index is -0.628. The Kier molecular flexibility index (Phi) is 7.06. The Hall–Kier alpha value is -1.03. The van der Waals surface area contributed by atoms with Crippen LogP contribution in [-0.2, 0) is 6.54 Å². The first kappa shape index (κ1) is 17.0. The minimum absolute atomic E-state index is 0.442. The van der Waals surface area contributed by atoms with E-state index in [9.17, 15) is 5.11 Å². The van der Waals surface area contributed by atoms with Crippen molar-refractivity contribution < 1.29 is 9.84 Å². The van der Waals surface area contributed by atoms with Crippen molar-refractivity contribution in [2.45, 2.75) is 38.8 Å². The van der Waals surface area contributed by atoms with E-state index in [2.05, 4.69) is 11.9 Å². The van der Waals surface area contributed by atoms with Crippen LogP contribution in [0.5, 0.6) is 5.75 Å². The van der Waals surface area contributed by atoms with Gasteiger partial charge in [0.05, 0.1) is 10.6 Å². The molecule has 20 heavy (non-hydrogen) atoms. The lowest BCUT2D eigenvalue weighted by Crippen LogP contribution is -2.39. The van der Waals surface area contributed by atoms with Gasteiger partial charge in [0.15, 0.2) is 0 Å². The molecule has 1 aromatic carbocycles. The van der Waals surface area contributed by atoms with Gasteiger partial charge < -0.3 is 15.2 Å². The van der Waals surface area contributed by atoms with Crippen LogP contribution in [-0.4, -0.2) is 23.9 Å². The van der Waals surface area contributed by atoms with E-state index in [0.717, 1.165) is 18.4 Å². The molecule has 0 aromatic heterocycles. The maximum absolute atomic E-state index is 10.2. The highest BCUT2D eigenvalue weighted by molar-refractivity contribution is 6.32. The highest BCUT2D eigenvalue weighted by atomic mass is 35.5. The molecule has 4 heteroatoms. The topological polar surface area (TPSA) is 41.5 Å². The maximum Gasteiger partial charge on any atom is 0.138 e. The van der Waals surface area contributed by atoms with Crippen LogP contribution in [0.1, 0.15) is 32.3 Å². The van der Waals surface area contributed by atoms with Gasteiger partial charge in [-0.25, -0.2) is 0 Å². The predicted octanol–water partition coefficient (Wildman–Crippen LogP) is 3.55. The first-order valence-electron chi connectivity index (χ1n) is 7.00. The lowest BCUT2D eigenvalue weighted by Gasteiger charge is -2.25. The van der Waals surface area contributed by atoms with Crippen LogP contribution in [0, 0.1) is 0 Å². The fourth-order valence-electron chi connectivity index (χ4n) is 1.86.